The molecule has 88 valence electrons. The first-order chi connectivity index (χ1) is 6.87. The molecular weight excluding hydrogens is 213 g/mol. The molecule has 0 aromatic carbocycles. The Hall–Kier alpha value is -0.120. The summed E-state index contributed by atoms with van der Waals surface area (Å²) >= 11 is 0. The lowest BCUT2D eigenvalue weighted by Crippen LogP contribution is -2.26. The maximum atomic E-state index is 9.14. The van der Waals surface area contributed by atoms with Crippen LogP contribution in [0.4, 0.5) is 0 Å². The van der Waals surface area contributed by atoms with Crippen LogP contribution in [0, 0.1) is 0 Å². The Kier molecular flexibility index (Phi) is 4.56. The lowest BCUT2D eigenvalue weighted by Gasteiger charge is -2.16. The summed E-state index contributed by atoms with van der Waals surface area (Å²) in [4.78, 5) is 20.5. The minimum absolute atomic E-state index is 0.0367. The Morgan fingerprint density at radius 3 is 2.80 bits per heavy atom. The van der Waals surface area contributed by atoms with Crippen molar-refractivity contribution in [3.63, 3.8) is 0 Å². The summed E-state index contributed by atoms with van der Waals surface area (Å²) in [5, 5.41) is 0. The number of rotatable bonds is 2. The molecular formula is C10H20NO3P. The van der Waals surface area contributed by atoms with Crippen molar-refractivity contribution in [3.05, 3.63) is 11.9 Å². The fraction of sp³-hybridized carbons (Fsp3) is 0.700. The van der Waals surface area contributed by atoms with Gasteiger partial charge in [-0.25, -0.2) is 0 Å². The summed E-state index contributed by atoms with van der Waals surface area (Å²) < 4.78 is 5.72. The highest BCUT2D eigenvalue weighted by atomic mass is 31.2. The van der Waals surface area contributed by atoms with E-state index in [2.05, 4.69) is 18.2 Å². The van der Waals surface area contributed by atoms with E-state index >= 15 is 0 Å². The predicted octanol–water partition coefficient (Wildman–Crippen LogP) is 0.873. The van der Waals surface area contributed by atoms with Crippen molar-refractivity contribution < 1.29 is 14.5 Å². The summed E-state index contributed by atoms with van der Waals surface area (Å²) in [5.41, 5.74) is 0. The van der Waals surface area contributed by atoms with E-state index in [1.807, 2.05) is 6.92 Å². The summed E-state index contributed by atoms with van der Waals surface area (Å²) in [6, 6.07) is 0. The Morgan fingerprint density at radius 2 is 2.20 bits per heavy atom. The van der Waals surface area contributed by atoms with E-state index < -0.39 is 7.34 Å². The van der Waals surface area contributed by atoms with Crippen LogP contribution in [0.1, 0.15) is 13.3 Å². The first-order valence-corrected chi connectivity index (χ1v) is 7.03. The lowest BCUT2D eigenvalue weighted by molar-refractivity contribution is 0.0307. The van der Waals surface area contributed by atoms with Gasteiger partial charge in [0, 0.05) is 13.1 Å². The highest BCUT2D eigenvalue weighted by Gasteiger charge is 2.18. The molecule has 5 heteroatoms. The van der Waals surface area contributed by atoms with Gasteiger partial charge < -0.3 is 19.4 Å². The molecule has 1 aliphatic rings. The SMILES string of the molecule is C=P(O)(O)/C=C/C1CCN(C)CC(C)O1. The zero-order chi connectivity index (χ0) is 11.5. The Morgan fingerprint density at radius 1 is 1.53 bits per heavy atom. The molecule has 0 amide bonds. The van der Waals surface area contributed by atoms with E-state index in [4.69, 9.17) is 14.5 Å². The molecule has 0 radical (unpaired) electrons. The standard InChI is InChI=1S/C10H20NO3P/c1-9-8-11(2)6-4-10(14-9)5-7-15(3,12)13/h5,7,9-10,12-13H,3-4,6,8H2,1-2H3/b7-5+. The van der Waals surface area contributed by atoms with Gasteiger partial charge in [0.25, 0.3) is 0 Å². The van der Waals surface area contributed by atoms with Crippen LogP contribution < -0.4 is 0 Å². The van der Waals surface area contributed by atoms with Gasteiger partial charge in [-0.05, 0) is 32.5 Å². The van der Waals surface area contributed by atoms with Crippen molar-refractivity contribution in [2.75, 3.05) is 20.1 Å². The van der Waals surface area contributed by atoms with E-state index in [0.29, 0.717) is 0 Å². The maximum Gasteiger partial charge on any atom is 0.134 e. The van der Waals surface area contributed by atoms with Crippen LogP contribution in [0.3, 0.4) is 0 Å². The summed E-state index contributed by atoms with van der Waals surface area (Å²) in [5.74, 6) is 1.37. The number of hydrogen-bond acceptors (Lipinski definition) is 4. The third kappa shape index (κ3) is 5.50. The molecule has 1 aliphatic heterocycles. The van der Waals surface area contributed by atoms with Crippen molar-refractivity contribution in [1.29, 1.82) is 0 Å². The third-order valence-corrected chi connectivity index (χ3v) is 2.96. The minimum atomic E-state index is -3.06. The smallest absolute Gasteiger partial charge is 0.134 e. The molecule has 0 aromatic heterocycles. The van der Waals surface area contributed by atoms with Gasteiger partial charge in [0.1, 0.15) is 7.34 Å². The molecule has 1 heterocycles. The van der Waals surface area contributed by atoms with Crippen LogP contribution in [0.15, 0.2) is 11.9 Å². The second-order valence-electron chi connectivity index (χ2n) is 4.16. The van der Waals surface area contributed by atoms with Gasteiger partial charge in [-0.2, -0.15) is 0 Å². The molecule has 0 bridgehead atoms. The second-order valence-corrected chi connectivity index (χ2v) is 6.03. The molecule has 0 spiro atoms. The molecule has 1 saturated heterocycles. The number of likely N-dealkylation sites (N-methyl/N-ethyl adjacent to an activating group) is 1. The summed E-state index contributed by atoms with van der Waals surface area (Å²) in [6.45, 7) is 3.89. The Labute approximate surface area is 91.3 Å². The monoisotopic (exact) mass is 233 g/mol. The fourth-order valence-corrected chi connectivity index (χ4v) is 2.13. The van der Waals surface area contributed by atoms with Crippen LogP contribution in [-0.4, -0.2) is 53.3 Å². The Bertz CT molecular complexity index is 274. The molecule has 2 N–H and O–H groups in total. The van der Waals surface area contributed by atoms with Gasteiger partial charge in [-0.3, -0.25) is 0 Å². The first-order valence-electron chi connectivity index (χ1n) is 5.09. The van der Waals surface area contributed by atoms with Crippen molar-refractivity contribution in [2.45, 2.75) is 25.6 Å². The lowest BCUT2D eigenvalue weighted by atomic mass is 10.2. The van der Waals surface area contributed by atoms with E-state index in [-0.39, 0.29) is 12.2 Å². The quantitative estimate of drug-likeness (QED) is 0.695. The van der Waals surface area contributed by atoms with Crippen LogP contribution >= 0.6 is 7.34 Å². The second kappa shape index (κ2) is 5.28. The van der Waals surface area contributed by atoms with Gasteiger partial charge >= 0.3 is 0 Å². The number of hydrogen-bond donors (Lipinski definition) is 2. The van der Waals surface area contributed by atoms with E-state index in [1.165, 1.54) is 5.82 Å². The molecule has 2 unspecified atom stereocenters. The zero-order valence-electron chi connectivity index (χ0n) is 9.33. The molecule has 1 fully saturated rings. The number of nitrogens with zero attached hydrogens (tertiary/aromatic N) is 1. The van der Waals surface area contributed by atoms with Crippen molar-refractivity contribution in [3.8, 4) is 0 Å². The van der Waals surface area contributed by atoms with Crippen LogP contribution in [0.5, 0.6) is 0 Å². The Balaban J connectivity index is 2.55. The topological polar surface area (TPSA) is 52.9 Å². The summed E-state index contributed by atoms with van der Waals surface area (Å²) in [7, 11) is -0.997. The molecule has 2 atom stereocenters. The van der Waals surface area contributed by atoms with E-state index in [1.54, 1.807) is 6.08 Å². The molecule has 1 rings (SSSR count). The molecule has 0 aliphatic carbocycles. The first kappa shape index (κ1) is 12.9. The molecule has 15 heavy (non-hydrogen) atoms. The molecule has 4 nitrogen and oxygen atoms in total. The van der Waals surface area contributed by atoms with E-state index in [9.17, 15) is 0 Å². The average molecular weight is 233 g/mol. The zero-order valence-corrected chi connectivity index (χ0v) is 10.2. The predicted molar refractivity (Wildman–Crippen MR) is 64.1 cm³/mol. The van der Waals surface area contributed by atoms with Gasteiger partial charge in [0.2, 0.25) is 0 Å². The molecule has 0 aromatic rings. The van der Waals surface area contributed by atoms with Crippen LogP contribution in [-0.2, 0) is 4.74 Å². The fourth-order valence-electron chi connectivity index (χ4n) is 1.66. The van der Waals surface area contributed by atoms with Crippen molar-refractivity contribution >= 4 is 13.6 Å². The largest absolute Gasteiger partial charge is 0.370 e. The third-order valence-electron chi connectivity index (χ3n) is 2.31. The van der Waals surface area contributed by atoms with Crippen molar-refractivity contribution in [1.82, 2.24) is 4.90 Å². The van der Waals surface area contributed by atoms with Gasteiger partial charge in [0.05, 0.1) is 12.2 Å². The molecule has 0 saturated carbocycles. The van der Waals surface area contributed by atoms with Gasteiger partial charge in [0.15, 0.2) is 0 Å². The highest BCUT2D eigenvalue weighted by Crippen LogP contribution is 2.35. The van der Waals surface area contributed by atoms with Crippen LogP contribution in [0.25, 0.3) is 0 Å². The van der Waals surface area contributed by atoms with Gasteiger partial charge in [-0.1, -0.05) is 6.08 Å². The summed E-state index contributed by atoms with van der Waals surface area (Å²) in [6.07, 6.45) is 6.00. The maximum absolute atomic E-state index is 9.14. The minimum Gasteiger partial charge on any atom is -0.370 e. The average Bonchev–Trinajstić information content (AvgIpc) is 2.22. The van der Waals surface area contributed by atoms with Crippen LogP contribution in [0.2, 0.25) is 0 Å². The van der Waals surface area contributed by atoms with Crippen molar-refractivity contribution in [2.24, 2.45) is 0 Å². The highest BCUT2D eigenvalue weighted by molar-refractivity contribution is 7.65. The van der Waals surface area contributed by atoms with E-state index in [0.717, 1.165) is 19.5 Å². The van der Waals surface area contributed by atoms with Gasteiger partial charge in [-0.15, -0.1) is 0 Å². The normalized spacial score (nSPS) is 30.7. The number of ether oxygens (including phenoxy) is 1.